The van der Waals surface area contributed by atoms with Crippen LogP contribution in [0.2, 0.25) is 0 Å². The van der Waals surface area contributed by atoms with Crippen LogP contribution in [0.25, 0.3) is 0 Å². The molecule has 1 saturated heterocycles. The van der Waals surface area contributed by atoms with Crippen molar-refractivity contribution in [1.82, 2.24) is 10.2 Å². The number of nitrogens with one attached hydrogen (secondary N) is 1. The molecule has 1 saturated carbocycles. The molecule has 1 N–H and O–H groups in total. The number of rotatable bonds is 0. The Kier molecular flexibility index (Phi) is 1.04. The third-order valence-corrected chi connectivity index (χ3v) is 3.40. The van der Waals surface area contributed by atoms with Gasteiger partial charge in [0.15, 0.2) is 0 Å². The Hall–Kier alpha value is -1.78. The number of amides is 1. The molecule has 1 amide bonds. The Morgan fingerprint density at radius 1 is 1.53 bits per heavy atom. The van der Waals surface area contributed by atoms with Gasteiger partial charge in [-0.1, -0.05) is 0 Å². The molecular formula is C10H9N3O2. The third kappa shape index (κ3) is 0.751. The van der Waals surface area contributed by atoms with Crippen molar-refractivity contribution in [3.63, 3.8) is 0 Å². The number of nitrogens with zero attached hydrogens (tertiary/aromatic N) is 2. The second-order valence-electron chi connectivity index (χ2n) is 4.26. The third-order valence-electron chi connectivity index (χ3n) is 3.40. The largest absolute Gasteiger partial charge is 0.446 e. The van der Waals surface area contributed by atoms with Gasteiger partial charge in [0, 0.05) is 5.56 Å². The first kappa shape index (κ1) is 7.50. The van der Waals surface area contributed by atoms with Crippen molar-refractivity contribution in [2.75, 3.05) is 0 Å². The first-order valence-electron chi connectivity index (χ1n) is 5.04. The number of carbonyl (C=O) groups is 1. The van der Waals surface area contributed by atoms with E-state index in [0.717, 1.165) is 24.9 Å². The Balaban J connectivity index is 1.86. The van der Waals surface area contributed by atoms with E-state index in [1.54, 1.807) is 6.26 Å². The average molecular weight is 203 g/mol. The lowest BCUT2D eigenvalue weighted by molar-refractivity contribution is -0.122. The van der Waals surface area contributed by atoms with Gasteiger partial charge in [-0.05, 0) is 18.9 Å². The molecule has 4 rings (SSSR count). The zero-order chi connectivity index (χ0) is 10.0. The molecule has 76 valence electrons. The summed E-state index contributed by atoms with van der Waals surface area (Å²) in [4.78, 5) is 18.1. The Morgan fingerprint density at radius 2 is 2.40 bits per heavy atom. The number of guanidine groups is 1. The van der Waals surface area contributed by atoms with Crippen molar-refractivity contribution < 1.29 is 9.21 Å². The van der Waals surface area contributed by atoms with Crippen LogP contribution >= 0.6 is 0 Å². The molecule has 3 heterocycles. The summed E-state index contributed by atoms with van der Waals surface area (Å²) < 4.78 is 5.22. The van der Waals surface area contributed by atoms with Crippen LogP contribution in [0, 0.1) is 0 Å². The lowest BCUT2D eigenvalue weighted by Crippen LogP contribution is -2.38. The van der Waals surface area contributed by atoms with E-state index in [-0.39, 0.29) is 11.4 Å². The highest BCUT2D eigenvalue weighted by Gasteiger charge is 2.61. The second kappa shape index (κ2) is 2.08. The Morgan fingerprint density at radius 3 is 3.20 bits per heavy atom. The molecule has 0 bridgehead atoms. The predicted octanol–water partition coefficient (Wildman–Crippen LogP) is 0.745. The summed E-state index contributed by atoms with van der Waals surface area (Å²) in [6.45, 7) is 0.726. The number of hydrogen-bond acceptors (Lipinski definition) is 4. The van der Waals surface area contributed by atoms with Crippen LogP contribution in [0.4, 0.5) is 5.88 Å². The van der Waals surface area contributed by atoms with E-state index in [2.05, 4.69) is 15.2 Å². The number of furan rings is 1. The van der Waals surface area contributed by atoms with Gasteiger partial charge < -0.3 is 9.32 Å². The highest BCUT2D eigenvalue weighted by molar-refractivity contribution is 6.11. The smallest absolute Gasteiger partial charge is 0.252 e. The summed E-state index contributed by atoms with van der Waals surface area (Å²) in [6, 6.07) is 1.91. The van der Waals surface area contributed by atoms with E-state index in [1.165, 1.54) is 0 Å². The SMILES string of the molecule is O=C1NC2=Nc3occc3CN2C12CC2. The van der Waals surface area contributed by atoms with E-state index in [1.807, 2.05) is 6.07 Å². The minimum Gasteiger partial charge on any atom is -0.446 e. The molecule has 1 aliphatic carbocycles. The van der Waals surface area contributed by atoms with Crippen molar-refractivity contribution in [2.24, 2.45) is 4.99 Å². The highest BCUT2D eigenvalue weighted by atomic mass is 16.3. The quantitative estimate of drug-likeness (QED) is 0.676. The fraction of sp³-hybridized carbons (Fsp3) is 0.400. The van der Waals surface area contributed by atoms with Crippen molar-refractivity contribution in [3.05, 3.63) is 17.9 Å². The monoisotopic (exact) mass is 203 g/mol. The van der Waals surface area contributed by atoms with E-state index < -0.39 is 0 Å². The highest BCUT2D eigenvalue weighted by Crippen LogP contribution is 2.47. The molecule has 0 unspecified atom stereocenters. The average Bonchev–Trinajstić information content (AvgIpc) is 2.83. The van der Waals surface area contributed by atoms with Crippen molar-refractivity contribution in [1.29, 1.82) is 0 Å². The summed E-state index contributed by atoms with van der Waals surface area (Å²) >= 11 is 0. The first-order chi connectivity index (χ1) is 7.29. The molecule has 15 heavy (non-hydrogen) atoms. The minimum absolute atomic E-state index is 0.0893. The van der Waals surface area contributed by atoms with Gasteiger partial charge >= 0.3 is 0 Å². The van der Waals surface area contributed by atoms with Gasteiger partial charge in [0.1, 0.15) is 5.54 Å². The molecule has 3 aliphatic rings. The number of aliphatic imine (C=N–C) groups is 1. The molecule has 5 heteroatoms. The van der Waals surface area contributed by atoms with E-state index >= 15 is 0 Å². The van der Waals surface area contributed by atoms with Gasteiger partial charge in [-0.25, -0.2) is 0 Å². The molecule has 1 aromatic rings. The molecule has 5 nitrogen and oxygen atoms in total. The fourth-order valence-corrected chi connectivity index (χ4v) is 2.35. The maximum Gasteiger partial charge on any atom is 0.252 e. The van der Waals surface area contributed by atoms with Crippen LogP contribution in [0.15, 0.2) is 21.7 Å². The van der Waals surface area contributed by atoms with E-state index in [4.69, 9.17) is 4.42 Å². The topological polar surface area (TPSA) is 57.8 Å². The molecule has 2 aliphatic heterocycles. The van der Waals surface area contributed by atoms with Gasteiger partial charge in [0.2, 0.25) is 11.8 Å². The molecule has 0 radical (unpaired) electrons. The first-order valence-corrected chi connectivity index (χ1v) is 5.04. The Bertz CT molecular complexity index is 499. The normalized spacial score (nSPS) is 24.7. The maximum atomic E-state index is 11.7. The molecule has 2 fully saturated rings. The van der Waals surface area contributed by atoms with Crippen LogP contribution in [-0.4, -0.2) is 22.3 Å². The molecule has 1 aromatic heterocycles. The minimum atomic E-state index is -0.284. The van der Waals surface area contributed by atoms with Crippen LogP contribution < -0.4 is 5.32 Å². The predicted molar refractivity (Wildman–Crippen MR) is 51.5 cm³/mol. The lowest BCUT2D eigenvalue weighted by Gasteiger charge is -2.25. The second-order valence-corrected chi connectivity index (χ2v) is 4.26. The van der Waals surface area contributed by atoms with Gasteiger partial charge in [-0.15, -0.1) is 0 Å². The molecule has 1 spiro atoms. The standard InChI is InChI=1S/C10H9N3O2/c14-8-10(2-3-10)13-5-6-1-4-15-7(6)11-9(13)12-8/h1,4H,2-3,5H2,(H,11,12,14). The fourth-order valence-electron chi connectivity index (χ4n) is 2.35. The van der Waals surface area contributed by atoms with Gasteiger partial charge in [0.25, 0.3) is 5.91 Å². The summed E-state index contributed by atoms with van der Waals surface area (Å²) in [5.74, 6) is 1.37. The van der Waals surface area contributed by atoms with Crippen LogP contribution in [0.1, 0.15) is 18.4 Å². The summed E-state index contributed by atoms with van der Waals surface area (Å²) in [7, 11) is 0. The Labute approximate surface area is 85.8 Å². The van der Waals surface area contributed by atoms with Gasteiger partial charge in [0.05, 0.1) is 12.8 Å². The molecule has 0 atom stereocenters. The number of fused-ring (bicyclic) bond motifs is 3. The van der Waals surface area contributed by atoms with Crippen molar-refractivity contribution in [2.45, 2.75) is 24.9 Å². The van der Waals surface area contributed by atoms with E-state index in [9.17, 15) is 4.79 Å². The van der Waals surface area contributed by atoms with E-state index in [0.29, 0.717) is 11.8 Å². The summed E-state index contributed by atoms with van der Waals surface area (Å²) in [5, 5.41) is 2.82. The van der Waals surface area contributed by atoms with Crippen LogP contribution in [0.5, 0.6) is 0 Å². The molecular weight excluding hydrogens is 194 g/mol. The summed E-state index contributed by atoms with van der Waals surface area (Å²) in [5.41, 5.74) is 0.773. The van der Waals surface area contributed by atoms with Gasteiger partial charge in [-0.3, -0.25) is 10.1 Å². The number of hydrogen-bond donors (Lipinski definition) is 1. The summed E-state index contributed by atoms with van der Waals surface area (Å²) in [6.07, 6.45) is 3.51. The zero-order valence-corrected chi connectivity index (χ0v) is 7.99. The number of carbonyl (C=O) groups excluding carboxylic acids is 1. The van der Waals surface area contributed by atoms with Crippen molar-refractivity contribution >= 4 is 17.8 Å². The van der Waals surface area contributed by atoms with Crippen LogP contribution in [-0.2, 0) is 11.3 Å². The maximum absolute atomic E-state index is 11.7. The molecule has 0 aromatic carbocycles. The van der Waals surface area contributed by atoms with Crippen molar-refractivity contribution in [3.8, 4) is 0 Å². The zero-order valence-electron chi connectivity index (χ0n) is 7.99. The van der Waals surface area contributed by atoms with Crippen LogP contribution in [0.3, 0.4) is 0 Å². The van der Waals surface area contributed by atoms with Gasteiger partial charge in [-0.2, -0.15) is 4.99 Å². The lowest BCUT2D eigenvalue weighted by atomic mass is 10.2.